The number of nitrogen functional groups attached to an aromatic ring is 1. The summed E-state index contributed by atoms with van der Waals surface area (Å²) in [6.45, 7) is 0.663. The van der Waals surface area contributed by atoms with Crippen molar-refractivity contribution in [3.05, 3.63) is 48.0 Å². The molecule has 0 aliphatic carbocycles. The van der Waals surface area contributed by atoms with Gasteiger partial charge in [0.2, 0.25) is 0 Å². The fourth-order valence-corrected chi connectivity index (χ4v) is 1.75. The summed E-state index contributed by atoms with van der Waals surface area (Å²) in [6.07, 6.45) is 2.52. The van der Waals surface area contributed by atoms with Crippen molar-refractivity contribution in [3.8, 4) is 5.75 Å². The molecule has 0 saturated heterocycles. The lowest BCUT2D eigenvalue weighted by Crippen LogP contribution is -2.08. The van der Waals surface area contributed by atoms with Gasteiger partial charge in [-0.3, -0.25) is 4.98 Å². The molecule has 1 aromatic carbocycles. The summed E-state index contributed by atoms with van der Waals surface area (Å²) in [7, 11) is 1.42. The Kier molecular flexibility index (Phi) is 4.18. The first-order valence-electron chi connectivity index (χ1n) is 5.97. The summed E-state index contributed by atoms with van der Waals surface area (Å²) in [5, 5.41) is 3.15. The van der Waals surface area contributed by atoms with Crippen LogP contribution in [0, 0.1) is 5.82 Å². The van der Waals surface area contributed by atoms with Crippen molar-refractivity contribution < 1.29 is 9.13 Å². The van der Waals surface area contributed by atoms with Crippen molar-refractivity contribution >= 4 is 11.4 Å². The first-order chi connectivity index (χ1) is 9.20. The van der Waals surface area contributed by atoms with Crippen molar-refractivity contribution in [2.24, 2.45) is 0 Å². The highest BCUT2D eigenvalue weighted by Gasteiger charge is 2.07. The lowest BCUT2D eigenvalue weighted by molar-refractivity contribution is 0.387. The molecule has 4 nitrogen and oxygen atoms in total. The van der Waals surface area contributed by atoms with Crippen LogP contribution in [0.25, 0.3) is 0 Å². The van der Waals surface area contributed by atoms with Gasteiger partial charge >= 0.3 is 0 Å². The van der Waals surface area contributed by atoms with E-state index in [9.17, 15) is 4.39 Å². The third kappa shape index (κ3) is 3.34. The van der Waals surface area contributed by atoms with Crippen LogP contribution in [0.2, 0.25) is 0 Å². The molecule has 0 aliphatic heterocycles. The Morgan fingerprint density at radius 3 is 2.89 bits per heavy atom. The number of methoxy groups -OCH3 is 1. The Bertz CT molecular complexity index is 546. The van der Waals surface area contributed by atoms with Crippen LogP contribution in [0.15, 0.2) is 36.5 Å². The molecule has 1 aromatic heterocycles. The van der Waals surface area contributed by atoms with Gasteiger partial charge in [-0.1, -0.05) is 6.07 Å². The minimum Gasteiger partial charge on any atom is -0.494 e. The van der Waals surface area contributed by atoms with Gasteiger partial charge in [0.05, 0.1) is 18.5 Å². The minimum absolute atomic E-state index is 0.175. The molecular formula is C14H16FN3O. The maximum absolute atomic E-state index is 13.4. The number of hydrogen-bond donors (Lipinski definition) is 2. The molecule has 2 aromatic rings. The molecule has 0 radical (unpaired) electrons. The first kappa shape index (κ1) is 13.1. The van der Waals surface area contributed by atoms with Crippen LogP contribution in [0.3, 0.4) is 0 Å². The predicted octanol–water partition coefficient (Wildman–Crippen LogP) is 2.47. The van der Waals surface area contributed by atoms with Crippen molar-refractivity contribution in [1.29, 1.82) is 0 Å². The van der Waals surface area contributed by atoms with Crippen LogP contribution < -0.4 is 15.8 Å². The normalized spacial score (nSPS) is 10.2. The molecule has 2 rings (SSSR count). The molecule has 1 heterocycles. The summed E-state index contributed by atoms with van der Waals surface area (Å²) < 4.78 is 18.3. The largest absolute Gasteiger partial charge is 0.494 e. The van der Waals surface area contributed by atoms with Gasteiger partial charge in [-0.2, -0.15) is 0 Å². The molecule has 100 valence electrons. The van der Waals surface area contributed by atoms with E-state index in [-0.39, 0.29) is 5.75 Å². The van der Waals surface area contributed by atoms with E-state index in [1.807, 2.05) is 18.2 Å². The predicted molar refractivity (Wildman–Crippen MR) is 73.8 cm³/mol. The average molecular weight is 261 g/mol. The van der Waals surface area contributed by atoms with Gasteiger partial charge in [0.15, 0.2) is 11.6 Å². The fraction of sp³-hybridized carbons (Fsp3) is 0.214. The molecule has 0 fully saturated rings. The number of aromatic nitrogens is 1. The highest BCUT2D eigenvalue weighted by atomic mass is 19.1. The number of halogens is 1. The molecule has 0 aliphatic rings. The number of nitrogens with two attached hydrogens (primary N) is 1. The number of ether oxygens (including phenoxy) is 1. The van der Waals surface area contributed by atoms with Crippen molar-refractivity contribution in [2.75, 3.05) is 24.7 Å². The highest BCUT2D eigenvalue weighted by molar-refractivity contribution is 5.68. The van der Waals surface area contributed by atoms with Crippen molar-refractivity contribution in [3.63, 3.8) is 0 Å². The van der Waals surface area contributed by atoms with Crippen LogP contribution in [0.4, 0.5) is 15.8 Å². The van der Waals surface area contributed by atoms with E-state index in [2.05, 4.69) is 10.3 Å². The standard InChI is InChI=1S/C14H16FN3O/c1-19-14-9-13(12(16)8-11(14)15)18-7-5-10-4-2-3-6-17-10/h2-4,6,8-9,18H,5,7,16H2,1H3. The SMILES string of the molecule is COc1cc(NCCc2ccccn2)c(N)cc1F. The van der Waals surface area contributed by atoms with E-state index in [0.717, 1.165) is 12.1 Å². The number of pyridine rings is 1. The minimum atomic E-state index is -0.463. The second kappa shape index (κ2) is 6.04. The third-order valence-electron chi connectivity index (χ3n) is 2.75. The maximum Gasteiger partial charge on any atom is 0.167 e. The molecule has 0 spiro atoms. The van der Waals surface area contributed by atoms with E-state index in [0.29, 0.717) is 17.9 Å². The van der Waals surface area contributed by atoms with E-state index in [1.165, 1.54) is 13.2 Å². The van der Waals surface area contributed by atoms with Gasteiger partial charge in [-0.15, -0.1) is 0 Å². The molecule has 19 heavy (non-hydrogen) atoms. The topological polar surface area (TPSA) is 60.2 Å². The van der Waals surface area contributed by atoms with Crippen LogP contribution in [-0.2, 0) is 6.42 Å². The fourth-order valence-electron chi connectivity index (χ4n) is 1.75. The molecule has 0 atom stereocenters. The number of nitrogens with one attached hydrogen (secondary N) is 1. The zero-order valence-corrected chi connectivity index (χ0v) is 10.7. The van der Waals surface area contributed by atoms with Crippen molar-refractivity contribution in [2.45, 2.75) is 6.42 Å². The van der Waals surface area contributed by atoms with Gasteiger partial charge in [0.1, 0.15) is 0 Å². The lowest BCUT2D eigenvalue weighted by Gasteiger charge is -2.11. The Labute approximate surface area is 111 Å². The molecule has 0 amide bonds. The smallest absolute Gasteiger partial charge is 0.167 e. The Balaban J connectivity index is 2.00. The lowest BCUT2D eigenvalue weighted by atomic mass is 10.2. The molecular weight excluding hydrogens is 245 g/mol. The van der Waals surface area contributed by atoms with Gasteiger partial charge in [-0.05, 0) is 12.1 Å². The number of nitrogens with zero attached hydrogens (tertiary/aromatic N) is 1. The molecule has 0 bridgehead atoms. The van der Waals surface area contributed by atoms with Gasteiger partial charge in [-0.25, -0.2) is 4.39 Å². The van der Waals surface area contributed by atoms with E-state index < -0.39 is 5.82 Å². The average Bonchev–Trinajstić information content (AvgIpc) is 2.42. The van der Waals surface area contributed by atoms with Crippen LogP contribution in [-0.4, -0.2) is 18.6 Å². The number of rotatable bonds is 5. The number of anilines is 2. The first-order valence-corrected chi connectivity index (χ1v) is 5.97. The van der Waals surface area contributed by atoms with Gasteiger partial charge in [0.25, 0.3) is 0 Å². The summed E-state index contributed by atoms with van der Waals surface area (Å²) in [4.78, 5) is 4.22. The summed E-state index contributed by atoms with van der Waals surface area (Å²) in [5.41, 5.74) is 7.76. The van der Waals surface area contributed by atoms with E-state index in [1.54, 1.807) is 12.3 Å². The van der Waals surface area contributed by atoms with Crippen molar-refractivity contribution in [1.82, 2.24) is 4.98 Å². The maximum atomic E-state index is 13.4. The van der Waals surface area contributed by atoms with Crippen LogP contribution >= 0.6 is 0 Å². The number of hydrogen-bond acceptors (Lipinski definition) is 4. The molecule has 3 N–H and O–H groups in total. The Morgan fingerprint density at radius 1 is 1.37 bits per heavy atom. The Hall–Kier alpha value is -2.30. The van der Waals surface area contributed by atoms with Crippen LogP contribution in [0.5, 0.6) is 5.75 Å². The van der Waals surface area contributed by atoms with Gasteiger partial charge in [0, 0.05) is 37.0 Å². The quantitative estimate of drug-likeness (QED) is 0.812. The zero-order valence-electron chi connectivity index (χ0n) is 10.7. The second-order valence-electron chi connectivity index (χ2n) is 4.07. The second-order valence-corrected chi connectivity index (χ2v) is 4.07. The summed E-state index contributed by atoms with van der Waals surface area (Å²) in [5.74, 6) is -0.287. The molecule has 5 heteroatoms. The highest BCUT2D eigenvalue weighted by Crippen LogP contribution is 2.27. The Morgan fingerprint density at radius 2 is 2.21 bits per heavy atom. The summed E-state index contributed by atoms with van der Waals surface area (Å²) >= 11 is 0. The zero-order chi connectivity index (χ0) is 13.7. The number of benzene rings is 1. The summed E-state index contributed by atoms with van der Waals surface area (Å²) in [6, 6.07) is 8.58. The molecule has 0 unspecified atom stereocenters. The molecule has 0 saturated carbocycles. The third-order valence-corrected chi connectivity index (χ3v) is 2.75. The monoisotopic (exact) mass is 261 g/mol. The van der Waals surface area contributed by atoms with Gasteiger partial charge < -0.3 is 15.8 Å². The van der Waals surface area contributed by atoms with E-state index in [4.69, 9.17) is 10.5 Å². The van der Waals surface area contributed by atoms with E-state index >= 15 is 0 Å². The van der Waals surface area contributed by atoms with Crippen LogP contribution in [0.1, 0.15) is 5.69 Å².